The third kappa shape index (κ3) is 1.32. The highest BCUT2D eigenvalue weighted by molar-refractivity contribution is 9.08. The number of H-pyrrole nitrogens is 1. The third-order valence-electron chi connectivity index (χ3n) is 1.64. The quantitative estimate of drug-likeness (QED) is 0.615. The normalized spacial score (nSPS) is 10.8. The maximum atomic E-state index is 5.25. The molecule has 1 aromatic heterocycles. The summed E-state index contributed by atoms with van der Waals surface area (Å²) in [5.74, 6) is 0. The van der Waals surface area contributed by atoms with Crippen molar-refractivity contribution in [2.75, 3.05) is 0 Å². The van der Waals surface area contributed by atoms with Crippen molar-refractivity contribution in [3.8, 4) is 0 Å². The van der Waals surface area contributed by atoms with Gasteiger partial charge >= 0.3 is 0 Å². The van der Waals surface area contributed by atoms with Crippen LogP contribution in [0.5, 0.6) is 0 Å². The van der Waals surface area contributed by atoms with E-state index in [9.17, 15) is 0 Å². The second kappa shape index (κ2) is 3.03. The number of aromatic nitrogens is 1. The van der Waals surface area contributed by atoms with Crippen LogP contribution in [0.2, 0.25) is 0 Å². The average Bonchev–Trinajstić information content (AvgIpc) is 2.43. The molecule has 0 atom stereocenters. The summed E-state index contributed by atoms with van der Waals surface area (Å²) < 4.78 is 5.25. The maximum Gasteiger partial charge on any atom is 0.266 e. The van der Waals surface area contributed by atoms with Crippen LogP contribution in [0.25, 0.3) is 11.1 Å². The molecule has 0 spiro atoms. The number of halogens is 1. The lowest BCUT2D eigenvalue weighted by molar-refractivity contribution is 0.583. The summed E-state index contributed by atoms with van der Waals surface area (Å²) >= 11 is 8.23. The minimum absolute atomic E-state index is 0.428. The smallest absolute Gasteiger partial charge is 0.266 e. The predicted octanol–water partition coefficient (Wildman–Crippen LogP) is 3.39. The standard InChI is InChI=1S/C8H6BrNOS/c9-4-5-1-2-6-7(3-5)11-8(12)10-6/h1-3H,4H2,(H,10,12). The largest absolute Gasteiger partial charge is 0.429 e. The molecule has 1 heterocycles. The first-order valence-electron chi connectivity index (χ1n) is 3.47. The summed E-state index contributed by atoms with van der Waals surface area (Å²) in [4.78, 5) is 3.37. The van der Waals surface area contributed by atoms with Crippen molar-refractivity contribution in [3.63, 3.8) is 0 Å². The molecule has 0 unspecified atom stereocenters. The molecule has 1 N–H and O–H groups in total. The highest BCUT2D eigenvalue weighted by atomic mass is 79.9. The van der Waals surface area contributed by atoms with Crippen molar-refractivity contribution >= 4 is 39.2 Å². The lowest BCUT2D eigenvalue weighted by atomic mass is 10.2. The highest BCUT2D eigenvalue weighted by Crippen LogP contribution is 2.16. The molecular weight excluding hydrogens is 238 g/mol. The molecule has 0 aliphatic carbocycles. The lowest BCUT2D eigenvalue weighted by Gasteiger charge is -1.92. The van der Waals surface area contributed by atoms with Gasteiger partial charge < -0.3 is 9.40 Å². The van der Waals surface area contributed by atoms with E-state index in [-0.39, 0.29) is 0 Å². The molecule has 0 fully saturated rings. The van der Waals surface area contributed by atoms with E-state index >= 15 is 0 Å². The molecule has 0 amide bonds. The molecule has 2 nitrogen and oxygen atoms in total. The predicted molar refractivity (Wildman–Crippen MR) is 54.0 cm³/mol. The van der Waals surface area contributed by atoms with E-state index in [0.717, 1.165) is 16.4 Å². The molecule has 0 saturated carbocycles. The van der Waals surface area contributed by atoms with Crippen molar-refractivity contribution in [1.29, 1.82) is 0 Å². The second-order valence-corrected chi connectivity index (χ2v) is 3.41. The number of alkyl halides is 1. The van der Waals surface area contributed by atoms with E-state index < -0.39 is 0 Å². The van der Waals surface area contributed by atoms with Gasteiger partial charge in [-0.1, -0.05) is 22.0 Å². The van der Waals surface area contributed by atoms with Crippen LogP contribution in [-0.2, 0) is 5.33 Å². The number of rotatable bonds is 1. The number of hydrogen-bond donors (Lipinski definition) is 1. The van der Waals surface area contributed by atoms with Crippen LogP contribution in [0, 0.1) is 4.84 Å². The fraction of sp³-hybridized carbons (Fsp3) is 0.125. The molecule has 2 rings (SSSR count). The molecular formula is C8H6BrNOS. The van der Waals surface area contributed by atoms with Gasteiger partial charge in [0.2, 0.25) is 0 Å². The van der Waals surface area contributed by atoms with Gasteiger partial charge in [-0.3, -0.25) is 0 Å². The number of fused-ring (bicyclic) bond motifs is 1. The fourth-order valence-electron chi connectivity index (χ4n) is 1.07. The van der Waals surface area contributed by atoms with Gasteiger partial charge in [0.1, 0.15) is 0 Å². The van der Waals surface area contributed by atoms with Crippen molar-refractivity contribution in [3.05, 3.63) is 28.6 Å². The topological polar surface area (TPSA) is 28.9 Å². The summed E-state index contributed by atoms with van der Waals surface area (Å²) in [6, 6.07) is 5.96. The Morgan fingerprint density at radius 3 is 3.08 bits per heavy atom. The molecule has 2 aromatic rings. The zero-order valence-corrected chi connectivity index (χ0v) is 8.54. The van der Waals surface area contributed by atoms with Crippen molar-refractivity contribution in [2.24, 2.45) is 0 Å². The van der Waals surface area contributed by atoms with Gasteiger partial charge in [0.05, 0.1) is 5.52 Å². The molecule has 0 bridgehead atoms. The van der Waals surface area contributed by atoms with Crippen LogP contribution >= 0.6 is 28.1 Å². The average molecular weight is 244 g/mol. The Labute approximate surface area is 82.7 Å². The maximum absolute atomic E-state index is 5.25. The summed E-state index contributed by atoms with van der Waals surface area (Å²) in [6.45, 7) is 0. The summed E-state index contributed by atoms with van der Waals surface area (Å²) in [5.41, 5.74) is 2.95. The van der Waals surface area contributed by atoms with Gasteiger partial charge in [0.25, 0.3) is 4.84 Å². The second-order valence-electron chi connectivity index (χ2n) is 2.48. The minimum Gasteiger partial charge on any atom is -0.429 e. The van der Waals surface area contributed by atoms with Crippen LogP contribution in [-0.4, -0.2) is 4.98 Å². The number of benzene rings is 1. The van der Waals surface area contributed by atoms with Gasteiger partial charge in [-0.2, -0.15) is 0 Å². The van der Waals surface area contributed by atoms with Gasteiger partial charge in [0.15, 0.2) is 5.58 Å². The van der Waals surface area contributed by atoms with Gasteiger partial charge in [-0.05, 0) is 29.9 Å². The number of oxazole rings is 1. The molecule has 0 radical (unpaired) electrons. The number of aromatic amines is 1. The van der Waals surface area contributed by atoms with Crippen molar-refractivity contribution < 1.29 is 4.42 Å². The van der Waals surface area contributed by atoms with E-state index in [2.05, 4.69) is 20.9 Å². The van der Waals surface area contributed by atoms with E-state index in [1.54, 1.807) is 0 Å². The Morgan fingerprint density at radius 2 is 2.33 bits per heavy atom. The Bertz CT molecular complexity index is 459. The van der Waals surface area contributed by atoms with E-state index in [1.807, 2.05) is 18.2 Å². The molecule has 0 aliphatic rings. The molecule has 62 valence electrons. The summed E-state index contributed by atoms with van der Waals surface area (Å²) in [5, 5.41) is 0.830. The SMILES string of the molecule is S=c1[nH]c2ccc(CBr)cc2o1. The van der Waals surface area contributed by atoms with E-state index in [1.165, 1.54) is 5.56 Å². The molecule has 4 heteroatoms. The molecule has 1 aromatic carbocycles. The zero-order chi connectivity index (χ0) is 8.55. The number of hydrogen-bond acceptors (Lipinski definition) is 2. The minimum atomic E-state index is 0.428. The van der Waals surface area contributed by atoms with Crippen molar-refractivity contribution in [2.45, 2.75) is 5.33 Å². The summed E-state index contributed by atoms with van der Waals surface area (Å²) in [6.07, 6.45) is 0. The van der Waals surface area contributed by atoms with Crippen molar-refractivity contribution in [1.82, 2.24) is 4.98 Å². The van der Waals surface area contributed by atoms with Crippen LogP contribution < -0.4 is 0 Å². The molecule has 0 saturated heterocycles. The lowest BCUT2D eigenvalue weighted by Crippen LogP contribution is -1.75. The van der Waals surface area contributed by atoms with Gasteiger partial charge in [0, 0.05) is 5.33 Å². The van der Waals surface area contributed by atoms with Crippen LogP contribution in [0.4, 0.5) is 0 Å². The van der Waals surface area contributed by atoms with Crippen LogP contribution in [0.3, 0.4) is 0 Å². The Kier molecular flexibility index (Phi) is 2.02. The van der Waals surface area contributed by atoms with Gasteiger partial charge in [-0.15, -0.1) is 0 Å². The Balaban J connectivity index is 2.74. The first-order chi connectivity index (χ1) is 5.79. The fourth-order valence-corrected chi connectivity index (χ4v) is 1.62. The van der Waals surface area contributed by atoms with E-state index in [4.69, 9.17) is 16.6 Å². The summed E-state index contributed by atoms with van der Waals surface area (Å²) in [7, 11) is 0. The molecule has 0 aliphatic heterocycles. The van der Waals surface area contributed by atoms with E-state index in [0.29, 0.717) is 4.84 Å². The Morgan fingerprint density at radius 1 is 1.50 bits per heavy atom. The monoisotopic (exact) mass is 243 g/mol. The van der Waals surface area contributed by atoms with Gasteiger partial charge in [-0.25, -0.2) is 0 Å². The zero-order valence-electron chi connectivity index (χ0n) is 6.13. The third-order valence-corrected chi connectivity index (χ3v) is 2.47. The first-order valence-corrected chi connectivity index (χ1v) is 5.00. The molecule has 12 heavy (non-hydrogen) atoms. The Hall–Kier alpha value is -0.610. The number of nitrogens with one attached hydrogen (secondary N) is 1. The highest BCUT2D eigenvalue weighted by Gasteiger charge is 1.98. The van der Waals surface area contributed by atoms with Crippen LogP contribution in [0.1, 0.15) is 5.56 Å². The first kappa shape index (κ1) is 8.01. The van der Waals surface area contributed by atoms with Crippen LogP contribution in [0.15, 0.2) is 22.6 Å².